The summed E-state index contributed by atoms with van der Waals surface area (Å²) < 4.78 is 10.1. The minimum absolute atomic E-state index is 0.0362. The normalized spacial score (nSPS) is 11.7. The molecule has 32 heavy (non-hydrogen) atoms. The second kappa shape index (κ2) is 10.6. The lowest BCUT2D eigenvalue weighted by Gasteiger charge is -2.21. The van der Waals surface area contributed by atoms with Crippen molar-refractivity contribution in [3.63, 3.8) is 0 Å². The number of hydrogen-bond donors (Lipinski definition) is 3. The van der Waals surface area contributed by atoms with Crippen molar-refractivity contribution in [1.82, 2.24) is 9.97 Å². The van der Waals surface area contributed by atoms with Crippen LogP contribution in [0.15, 0.2) is 54.6 Å². The average Bonchev–Trinajstić information content (AvgIpc) is 2.82. The number of hydrogen-bond acceptors (Lipinski definition) is 8. The molecule has 0 saturated carbocycles. The minimum atomic E-state index is -0.475. The lowest BCUT2D eigenvalue weighted by Crippen LogP contribution is -2.30. The van der Waals surface area contributed by atoms with Crippen molar-refractivity contribution in [3.8, 4) is 17.0 Å². The average molecular weight is 437 g/mol. The maximum atomic E-state index is 11.9. The Kier molecular flexibility index (Phi) is 7.62. The number of benzene rings is 2. The molecule has 8 nitrogen and oxygen atoms in total. The smallest absolute Gasteiger partial charge is 0.341 e. The number of ether oxygens (including phenoxy) is 2. The molecule has 0 bridgehead atoms. The molecule has 0 fully saturated rings. The highest BCUT2D eigenvalue weighted by Crippen LogP contribution is 2.28. The van der Waals surface area contributed by atoms with E-state index in [1.807, 2.05) is 50.2 Å². The third-order valence-electron chi connectivity index (χ3n) is 4.99. The van der Waals surface area contributed by atoms with Gasteiger partial charge in [-0.05, 0) is 18.1 Å². The summed E-state index contributed by atoms with van der Waals surface area (Å²) in [6, 6.07) is 16.5. The van der Waals surface area contributed by atoms with E-state index in [-0.39, 0.29) is 18.6 Å². The molecule has 0 spiro atoms. The predicted octanol–water partition coefficient (Wildman–Crippen LogP) is 4.11. The summed E-state index contributed by atoms with van der Waals surface area (Å²) in [6.45, 7) is 4.00. The number of aliphatic hydroxyl groups is 1. The molecule has 0 saturated heterocycles. The van der Waals surface area contributed by atoms with Gasteiger partial charge >= 0.3 is 5.97 Å². The summed E-state index contributed by atoms with van der Waals surface area (Å²) in [7, 11) is 2.82. The zero-order chi connectivity index (χ0) is 23.1. The molecule has 1 atom stereocenters. The third kappa shape index (κ3) is 5.53. The molecule has 0 radical (unpaired) electrons. The van der Waals surface area contributed by atoms with Crippen molar-refractivity contribution in [3.05, 3.63) is 60.2 Å². The van der Waals surface area contributed by atoms with Crippen LogP contribution in [-0.2, 0) is 4.74 Å². The molecule has 3 aromatic rings. The Morgan fingerprint density at radius 2 is 1.81 bits per heavy atom. The number of carbonyl (C=O) groups excluding carboxylic acids is 1. The summed E-state index contributed by atoms with van der Waals surface area (Å²) in [4.78, 5) is 21.1. The zero-order valence-corrected chi connectivity index (χ0v) is 18.6. The summed E-state index contributed by atoms with van der Waals surface area (Å²) in [5.41, 5.74) is 2.67. The van der Waals surface area contributed by atoms with Crippen LogP contribution in [0.25, 0.3) is 11.3 Å². The Morgan fingerprint density at radius 3 is 2.44 bits per heavy atom. The molecule has 0 amide bonds. The number of nitrogens with one attached hydrogen (secondary N) is 2. The number of anilines is 3. The standard InChI is InChI=1S/C24H28N4O4/c1-15(2)20(14-29)27-24-26-19(16-8-6-5-7-9-16)13-22(28-24)25-17-10-11-18(23(30)32-4)21(12-17)31-3/h5-13,15,20,29H,14H2,1-4H3,(H2,25,26,27,28)/t20-/m0/s1. The molecule has 2 aromatic carbocycles. The van der Waals surface area contributed by atoms with Crippen LogP contribution < -0.4 is 15.4 Å². The van der Waals surface area contributed by atoms with E-state index in [2.05, 4.69) is 20.6 Å². The van der Waals surface area contributed by atoms with Crippen LogP contribution in [0, 0.1) is 5.92 Å². The summed E-state index contributed by atoms with van der Waals surface area (Å²) in [6.07, 6.45) is 0. The van der Waals surface area contributed by atoms with Gasteiger partial charge in [0.15, 0.2) is 0 Å². The molecule has 0 aliphatic rings. The fraction of sp³-hybridized carbons (Fsp3) is 0.292. The molecule has 0 aliphatic heterocycles. The zero-order valence-electron chi connectivity index (χ0n) is 18.6. The lowest BCUT2D eigenvalue weighted by molar-refractivity contribution is 0.0597. The van der Waals surface area contributed by atoms with Crippen LogP contribution in [0.4, 0.5) is 17.5 Å². The molecule has 3 rings (SSSR count). The van der Waals surface area contributed by atoms with Crippen LogP contribution in [0.2, 0.25) is 0 Å². The summed E-state index contributed by atoms with van der Waals surface area (Å²) in [5, 5.41) is 16.2. The molecule has 3 N–H and O–H groups in total. The summed E-state index contributed by atoms with van der Waals surface area (Å²) >= 11 is 0. The first-order valence-electron chi connectivity index (χ1n) is 10.3. The highest BCUT2D eigenvalue weighted by atomic mass is 16.5. The van der Waals surface area contributed by atoms with Gasteiger partial charge in [-0.1, -0.05) is 44.2 Å². The fourth-order valence-corrected chi connectivity index (χ4v) is 3.12. The van der Waals surface area contributed by atoms with E-state index < -0.39 is 5.97 Å². The van der Waals surface area contributed by atoms with Crippen LogP contribution >= 0.6 is 0 Å². The van der Waals surface area contributed by atoms with Gasteiger partial charge in [-0.25, -0.2) is 9.78 Å². The predicted molar refractivity (Wildman–Crippen MR) is 124 cm³/mol. The number of aliphatic hydroxyl groups excluding tert-OH is 1. The Balaban J connectivity index is 1.98. The Bertz CT molecular complexity index is 1060. The first-order valence-corrected chi connectivity index (χ1v) is 10.3. The molecule has 1 heterocycles. The van der Waals surface area contributed by atoms with E-state index in [1.165, 1.54) is 14.2 Å². The Labute approximate surface area is 187 Å². The quantitative estimate of drug-likeness (QED) is 0.430. The monoisotopic (exact) mass is 436 g/mol. The lowest BCUT2D eigenvalue weighted by atomic mass is 10.1. The maximum Gasteiger partial charge on any atom is 0.341 e. The largest absolute Gasteiger partial charge is 0.496 e. The van der Waals surface area contributed by atoms with Crippen molar-refractivity contribution in [2.45, 2.75) is 19.9 Å². The van der Waals surface area contributed by atoms with Gasteiger partial charge in [-0.2, -0.15) is 4.98 Å². The number of carbonyl (C=O) groups is 1. The van der Waals surface area contributed by atoms with Crippen LogP contribution in [0.1, 0.15) is 24.2 Å². The molecular weight excluding hydrogens is 408 g/mol. The van der Waals surface area contributed by atoms with Crippen molar-refractivity contribution < 1.29 is 19.4 Å². The van der Waals surface area contributed by atoms with Gasteiger partial charge in [0.1, 0.15) is 17.1 Å². The van der Waals surface area contributed by atoms with Gasteiger partial charge < -0.3 is 25.2 Å². The number of aromatic nitrogens is 2. The fourth-order valence-electron chi connectivity index (χ4n) is 3.12. The maximum absolute atomic E-state index is 11.9. The summed E-state index contributed by atoms with van der Waals surface area (Å²) in [5.74, 6) is 1.06. The van der Waals surface area contributed by atoms with Crippen LogP contribution in [-0.4, -0.2) is 47.9 Å². The van der Waals surface area contributed by atoms with Crippen molar-refractivity contribution in [2.24, 2.45) is 5.92 Å². The van der Waals surface area contributed by atoms with Crippen molar-refractivity contribution in [1.29, 1.82) is 0 Å². The first kappa shape index (κ1) is 23.0. The van der Waals surface area contributed by atoms with Crippen molar-refractivity contribution in [2.75, 3.05) is 31.5 Å². The van der Waals surface area contributed by atoms with E-state index in [4.69, 9.17) is 9.47 Å². The van der Waals surface area contributed by atoms with Gasteiger partial charge in [-0.15, -0.1) is 0 Å². The molecule has 0 unspecified atom stereocenters. The third-order valence-corrected chi connectivity index (χ3v) is 4.99. The topological polar surface area (TPSA) is 106 Å². The highest BCUT2D eigenvalue weighted by molar-refractivity contribution is 5.93. The Hall–Kier alpha value is -3.65. The second-order valence-electron chi connectivity index (χ2n) is 7.54. The number of methoxy groups -OCH3 is 2. The molecule has 168 valence electrons. The molecular formula is C24H28N4O4. The Morgan fingerprint density at radius 1 is 1.06 bits per heavy atom. The van der Waals surface area contributed by atoms with Crippen LogP contribution in [0.3, 0.4) is 0 Å². The number of rotatable bonds is 9. The van der Waals surface area contributed by atoms with Crippen molar-refractivity contribution >= 4 is 23.4 Å². The van der Waals surface area contributed by atoms with Gasteiger partial charge in [0.05, 0.1) is 32.6 Å². The van der Waals surface area contributed by atoms with E-state index >= 15 is 0 Å². The van der Waals surface area contributed by atoms with Gasteiger partial charge in [0.25, 0.3) is 0 Å². The van der Waals surface area contributed by atoms with E-state index in [1.54, 1.807) is 18.2 Å². The number of nitrogens with zero attached hydrogens (tertiary/aromatic N) is 2. The molecule has 0 aliphatic carbocycles. The van der Waals surface area contributed by atoms with E-state index in [0.29, 0.717) is 28.8 Å². The SMILES string of the molecule is COC(=O)c1ccc(Nc2cc(-c3ccccc3)nc(N[C@@H](CO)C(C)C)n2)cc1OC. The minimum Gasteiger partial charge on any atom is -0.496 e. The molecule has 8 heteroatoms. The van der Waals surface area contributed by atoms with Gasteiger partial charge in [0.2, 0.25) is 5.95 Å². The first-order chi connectivity index (χ1) is 15.4. The van der Waals surface area contributed by atoms with Gasteiger partial charge in [-0.3, -0.25) is 0 Å². The highest BCUT2D eigenvalue weighted by Gasteiger charge is 2.16. The molecule has 1 aromatic heterocycles. The van der Waals surface area contributed by atoms with Gasteiger partial charge in [0, 0.05) is 23.4 Å². The second-order valence-corrected chi connectivity index (χ2v) is 7.54. The van der Waals surface area contributed by atoms with Crippen LogP contribution in [0.5, 0.6) is 5.75 Å². The van der Waals surface area contributed by atoms with E-state index in [0.717, 1.165) is 11.3 Å². The van der Waals surface area contributed by atoms with E-state index in [9.17, 15) is 9.90 Å². The number of esters is 1.